The molecule has 0 fully saturated rings. The molecule has 0 spiro atoms. The van der Waals surface area contributed by atoms with E-state index in [0.29, 0.717) is 24.5 Å². The number of ether oxygens (including phenoxy) is 2. The summed E-state index contributed by atoms with van der Waals surface area (Å²) in [5, 5.41) is 2.97. The number of amides is 1. The van der Waals surface area contributed by atoms with Crippen molar-refractivity contribution < 1.29 is 42.8 Å². The van der Waals surface area contributed by atoms with Crippen molar-refractivity contribution in [3.63, 3.8) is 0 Å². The van der Waals surface area contributed by atoms with Gasteiger partial charge in [0.2, 0.25) is 0 Å². The number of carbonyl (C=O) groups excluding carboxylic acids is 1. The summed E-state index contributed by atoms with van der Waals surface area (Å²) in [6.07, 6.45) is 16.9. The van der Waals surface area contributed by atoms with Crippen LogP contribution >= 0.6 is 0 Å². The number of aryl methyl sites for hydroxylation is 1. The molecule has 0 aliphatic carbocycles. The number of pyridine rings is 1. The van der Waals surface area contributed by atoms with E-state index < -0.39 is 0 Å². The molecule has 1 N–H and O–H groups in total. The van der Waals surface area contributed by atoms with E-state index in [2.05, 4.69) is 19.2 Å². The minimum atomic E-state index is -0.0847. The molecule has 1 aromatic heterocycles. The highest BCUT2D eigenvalue weighted by Crippen LogP contribution is 2.28. The zero-order chi connectivity index (χ0) is 23.7. The van der Waals surface area contributed by atoms with Crippen LogP contribution in [0, 0.1) is 0 Å². The molecule has 34 heavy (non-hydrogen) atoms. The number of benzene rings is 1. The molecule has 0 aliphatic heterocycles. The number of hydrogen-bond donors (Lipinski definition) is 1. The third-order valence-electron chi connectivity index (χ3n) is 5.96. The van der Waals surface area contributed by atoms with Crippen molar-refractivity contribution in [1.29, 1.82) is 0 Å². The monoisotopic (exact) mass is 582 g/mol. The van der Waals surface area contributed by atoms with Crippen LogP contribution in [0.15, 0.2) is 42.7 Å². The van der Waals surface area contributed by atoms with E-state index in [-0.39, 0.29) is 29.9 Å². The molecule has 2 aromatic rings. The van der Waals surface area contributed by atoms with E-state index in [0.717, 1.165) is 24.3 Å². The maximum Gasteiger partial charge on any atom is 0.252 e. The van der Waals surface area contributed by atoms with Gasteiger partial charge in [-0.2, -0.15) is 0 Å². The quantitative estimate of drug-likeness (QED) is 0.177. The topological polar surface area (TPSA) is 51.4 Å². The number of nitrogens with one attached hydrogen (secondary N) is 1. The number of halogens is 1. The Morgan fingerprint density at radius 1 is 0.853 bits per heavy atom. The molecule has 5 nitrogen and oxygen atoms in total. The van der Waals surface area contributed by atoms with Gasteiger partial charge in [0.1, 0.15) is 6.54 Å². The molecule has 1 amide bonds. The SMILES string of the molecule is CCCCCCCCCCCCOc1ccc(CNC(=O)c2cc[n+](CC)cc2)cc1OC.[I-]. The Morgan fingerprint density at radius 3 is 2.06 bits per heavy atom. The first-order valence-corrected chi connectivity index (χ1v) is 12.7. The molecular formula is C28H43IN2O3. The fourth-order valence-corrected chi connectivity index (χ4v) is 3.82. The van der Waals surface area contributed by atoms with Gasteiger partial charge >= 0.3 is 0 Å². The average Bonchev–Trinajstić information content (AvgIpc) is 2.86. The Labute approximate surface area is 223 Å². The van der Waals surface area contributed by atoms with Crippen LogP contribution in [-0.2, 0) is 13.1 Å². The minimum absolute atomic E-state index is 0. The molecule has 0 saturated heterocycles. The highest BCUT2D eigenvalue weighted by molar-refractivity contribution is 5.93. The van der Waals surface area contributed by atoms with Gasteiger partial charge < -0.3 is 38.8 Å². The average molecular weight is 583 g/mol. The molecule has 0 radical (unpaired) electrons. The van der Waals surface area contributed by atoms with Crippen molar-refractivity contribution in [2.75, 3.05) is 13.7 Å². The molecule has 2 rings (SSSR count). The third kappa shape index (κ3) is 11.5. The lowest BCUT2D eigenvalue weighted by Gasteiger charge is -2.13. The van der Waals surface area contributed by atoms with Gasteiger partial charge in [0.05, 0.1) is 19.3 Å². The summed E-state index contributed by atoms with van der Waals surface area (Å²) < 4.78 is 13.5. The minimum Gasteiger partial charge on any atom is -1.00 e. The zero-order valence-corrected chi connectivity index (χ0v) is 23.4. The molecule has 0 unspecified atom stereocenters. The van der Waals surface area contributed by atoms with Gasteiger partial charge in [0, 0.05) is 18.7 Å². The third-order valence-corrected chi connectivity index (χ3v) is 5.96. The Hall–Kier alpha value is -1.83. The van der Waals surface area contributed by atoms with E-state index in [1.165, 1.54) is 57.8 Å². The molecule has 6 heteroatoms. The number of nitrogens with zero attached hydrogens (tertiary/aromatic N) is 1. The first kappa shape index (κ1) is 30.2. The predicted octanol–water partition coefficient (Wildman–Crippen LogP) is 3.24. The van der Waals surface area contributed by atoms with Crippen LogP contribution < -0.4 is 43.3 Å². The van der Waals surface area contributed by atoms with Crippen molar-refractivity contribution in [3.05, 3.63) is 53.9 Å². The Kier molecular flexibility index (Phi) is 16.4. The Bertz CT molecular complexity index is 812. The van der Waals surface area contributed by atoms with E-state index in [4.69, 9.17) is 9.47 Å². The van der Waals surface area contributed by atoms with Crippen LogP contribution in [0.3, 0.4) is 0 Å². The van der Waals surface area contributed by atoms with Gasteiger partial charge in [-0.15, -0.1) is 0 Å². The Morgan fingerprint density at radius 2 is 1.47 bits per heavy atom. The Balaban J connectivity index is 0.00000578. The maximum atomic E-state index is 12.4. The van der Waals surface area contributed by atoms with E-state index in [1.54, 1.807) is 7.11 Å². The lowest BCUT2D eigenvalue weighted by Crippen LogP contribution is -3.00. The second kappa shape index (κ2) is 18.5. The summed E-state index contributed by atoms with van der Waals surface area (Å²) in [4.78, 5) is 12.4. The fourth-order valence-electron chi connectivity index (χ4n) is 3.82. The second-order valence-electron chi connectivity index (χ2n) is 8.62. The smallest absolute Gasteiger partial charge is 0.252 e. The van der Waals surface area contributed by atoms with Gasteiger partial charge in [-0.25, -0.2) is 4.57 Å². The standard InChI is InChI=1S/C28H42N2O3.HI/c1-4-6-7-8-9-10-11-12-13-14-21-33-26-16-15-24(22-27(26)32-3)23-29-28(31)25-17-19-30(5-2)20-18-25;/h15-20,22H,4-14,21,23H2,1-3H3;1H. The summed E-state index contributed by atoms with van der Waals surface area (Å²) >= 11 is 0. The highest BCUT2D eigenvalue weighted by atomic mass is 127. The molecule has 0 aliphatic rings. The van der Waals surface area contributed by atoms with Crippen LogP contribution in [0.25, 0.3) is 0 Å². The lowest BCUT2D eigenvalue weighted by atomic mass is 10.1. The number of methoxy groups -OCH3 is 1. The van der Waals surface area contributed by atoms with Crippen LogP contribution in [-0.4, -0.2) is 19.6 Å². The summed E-state index contributed by atoms with van der Waals surface area (Å²) in [6, 6.07) is 9.52. The highest BCUT2D eigenvalue weighted by Gasteiger charge is 2.10. The first-order valence-electron chi connectivity index (χ1n) is 12.7. The van der Waals surface area contributed by atoms with Crippen molar-refractivity contribution in [1.82, 2.24) is 5.32 Å². The van der Waals surface area contributed by atoms with Gasteiger partial charge in [-0.3, -0.25) is 4.79 Å². The molecule has 190 valence electrons. The number of unbranched alkanes of at least 4 members (excludes halogenated alkanes) is 9. The van der Waals surface area contributed by atoms with E-state index >= 15 is 0 Å². The summed E-state index contributed by atoms with van der Waals surface area (Å²) in [6.45, 7) is 6.36. The zero-order valence-electron chi connectivity index (χ0n) is 21.3. The van der Waals surface area contributed by atoms with Gasteiger partial charge in [-0.1, -0.05) is 70.8 Å². The number of hydrogen-bond acceptors (Lipinski definition) is 3. The largest absolute Gasteiger partial charge is 1.00 e. The van der Waals surface area contributed by atoms with E-state index in [1.807, 2.05) is 47.3 Å². The molecule has 0 saturated carbocycles. The van der Waals surface area contributed by atoms with Crippen molar-refractivity contribution in [2.24, 2.45) is 0 Å². The number of aromatic nitrogens is 1. The maximum absolute atomic E-state index is 12.4. The van der Waals surface area contributed by atoms with Gasteiger partial charge in [0.15, 0.2) is 23.9 Å². The predicted molar refractivity (Wildman–Crippen MR) is 134 cm³/mol. The lowest BCUT2D eigenvalue weighted by molar-refractivity contribution is -0.693. The second-order valence-corrected chi connectivity index (χ2v) is 8.62. The van der Waals surface area contributed by atoms with Gasteiger partial charge in [0.25, 0.3) is 5.91 Å². The normalized spacial score (nSPS) is 10.4. The van der Waals surface area contributed by atoms with Crippen LogP contribution in [0.2, 0.25) is 0 Å². The summed E-state index contributed by atoms with van der Waals surface area (Å²) in [5.41, 5.74) is 1.63. The summed E-state index contributed by atoms with van der Waals surface area (Å²) in [7, 11) is 1.65. The molecule has 1 aromatic carbocycles. The molecule has 0 bridgehead atoms. The van der Waals surface area contributed by atoms with E-state index in [9.17, 15) is 4.79 Å². The molecular weight excluding hydrogens is 539 g/mol. The van der Waals surface area contributed by atoms with Crippen LogP contribution in [0.5, 0.6) is 11.5 Å². The fraction of sp³-hybridized carbons (Fsp3) is 0.571. The van der Waals surface area contributed by atoms with Crippen LogP contribution in [0.4, 0.5) is 0 Å². The summed E-state index contributed by atoms with van der Waals surface area (Å²) in [5.74, 6) is 1.38. The molecule has 0 atom stereocenters. The van der Waals surface area contributed by atoms with Crippen molar-refractivity contribution in [3.8, 4) is 11.5 Å². The number of rotatable bonds is 17. The van der Waals surface area contributed by atoms with Crippen LogP contribution in [0.1, 0.15) is 94.0 Å². The van der Waals surface area contributed by atoms with Crippen molar-refractivity contribution >= 4 is 5.91 Å². The first-order chi connectivity index (χ1) is 16.2. The number of carbonyl (C=O) groups is 1. The van der Waals surface area contributed by atoms with Gasteiger partial charge in [-0.05, 0) is 31.0 Å². The van der Waals surface area contributed by atoms with Crippen molar-refractivity contribution in [2.45, 2.75) is 91.1 Å². The molecule has 1 heterocycles.